The number of aryl methyl sites for hydroxylation is 1. The highest BCUT2D eigenvalue weighted by Gasteiger charge is 2.24. The average Bonchev–Trinajstić information content (AvgIpc) is 3.46. The molecule has 0 radical (unpaired) electrons. The Hall–Kier alpha value is -3.06. The summed E-state index contributed by atoms with van der Waals surface area (Å²) in [6.45, 7) is 7.45. The van der Waals surface area contributed by atoms with Crippen LogP contribution in [0.5, 0.6) is 0 Å². The molecule has 29 heavy (non-hydrogen) atoms. The fourth-order valence-corrected chi connectivity index (χ4v) is 4.31. The van der Waals surface area contributed by atoms with Crippen LogP contribution in [0.15, 0.2) is 49.1 Å². The van der Waals surface area contributed by atoms with E-state index in [1.54, 1.807) is 4.52 Å². The van der Waals surface area contributed by atoms with E-state index in [2.05, 4.69) is 66.9 Å². The van der Waals surface area contributed by atoms with Gasteiger partial charge >= 0.3 is 0 Å². The van der Waals surface area contributed by atoms with E-state index >= 15 is 0 Å². The van der Waals surface area contributed by atoms with E-state index in [1.807, 2.05) is 25.5 Å². The van der Waals surface area contributed by atoms with E-state index in [4.69, 9.17) is 0 Å². The lowest BCUT2D eigenvalue weighted by atomic mass is 10.1. The lowest BCUT2D eigenvalue weighted by molar-refractivity contribution is 0.245. The Morgan fingerprint density at radius 1 is 1.07 bits per heavy atom. The lowest BCUT2D eigenvalue weighted by Crippen LogP contribution is -2.32. The van der Waals surface area contributed by atoms with E-state index in [0.717, 1.165) is 41.4 Å². The smallest absolute Gasteiger partial charge is 0.252 e. The third-order valence-corrected chi connectivity index (χ3v) is 5.80. The minimum atomic E-state index is 0.608. The van der Waals surface area contributed by atoms with Crippen molar-refractivity contribution in [2.75, 3.05) is 13.1 Å². The number of hydrogen-bond acceptors (Lipinski definition) is 5. The van der Waals surface area contributed by atoms with E-state index in [1.165, 1.54) is 19.4 Å². The second-order valence-electron chi connectivity index (χ2n) is 7.65. The second kappa shape index (κ2) is 7.40. The summed E-state index contributed by atoms with van der Waals surface area (Å²) in [5.74, 6) is 2.37. The molecule has 3 aromatic heterocycles. The highest BCUT2D eigenvalue weighted by atomic mass is 15.3. The Labute approximate surface area is 170 Å². The van der Waals surface area contributed by atoms with Crippen LogP contribution in [0, 0.1) is 6.92 Å². The molecule has 0 spiro atoms. The molecular weight excluding hydrogens is 362 g/mol. The summed E-state index contributed by atoms with van der Waals surface area (Å²) >= 11 is 0. The predicted octanol–water partition coefficient (Wildman–Crippen LogP) is 3.45. The quantitative estimate of drug-likeness (QED) is 0.525. The van der Waals surface area contributed by atoms with Gasteiger partial charge in [-0.3, -0.25) is 4.90 Å². The molecule has 0 N–H and O–H groups in total. The van der Waals surface area contributed by atoms with Gasteiger partial charge in [-0.25, -0.2) is 14.5 Å². The Kier molecular flexibility index (Phi) is 4.60. The third-order valence-electron chi connectivity index (χ3n) is 5.80. The monoisotopic (exact) mass is 387 g/mol. The lowest BCUT2D eigenvalue weighted by Gasteiger charge is -2.23. The molecule has 0 unspecified atom stereocenters. The zero-order valence-electron chi connectivity index (χ0n) is 16.9. The first-order valence-electron chi connectivity index (χ1n) is 10.3. The highest BCUT2D eigenvalue weighted by Crippen LogP contribution is 2.25. The third kappa shape index (κ3) is 3.42. The van der Waals surface area contributed by atoms with Crippen molar-refractivity contribution < 1.29 is 0 Å². The van der Waals surface area contributed by atoms with Crippen LogP contribution in [-0.2, 0) is 6.54 Å². The molecule has 1 saturated heterocycles. The largest absolute Gasteiger partial charge is 0.329 e. The Balaban J connectivity index is 1.40. The molecule has 5 rings (SSSR count). The number of aromatic nitrogens is 6. The van der Waals surface area contributed by atoms with Gasteiger partial charge in [0.15, 0.2) is 0 Å². The summed E-state index contributed by atoms with van der Waals surface area (Å²) < 4.78 is 4.02. The Morgan fingerprint density at radius 2 is 1.90 bits per heavy atom. The molecule has 4 aromatic rings. The van der Waals surface area contributed by atoms with Crippen molar-refractivity contribution in [3.63, 3.8) is 0 Å². The topological polar surface area (TPSA) is 64.1 Å². The molecule has 7 heteroatoms. The van der Waals surface area contributed by atoms with E-state index < -0.39 is 0 Å². The number of imidazole rings is 1. The van der Waals surface area contributed by atoms with Gasteiger partial charge in [-0.2, -0.15) is 10.1 Å². The molecule has 0 bridgehead atoms. The maximum atomic E-state index is 4.64. The number of benzene rings is 1. The molecule has 4 heterocycles. The normalized spacial score (nSPS) is 17.4. The zero-order chi connectivity index (χ0) is 19.8. The zero-order valence-corrected chi connectivity index (χ0v) is 16.9. The first-order chi connectivity index (χ1) is 14.2. The van der Waals surface area contributed by atoms with Crippen LogP contribution in [0.4, 0.5) is 0 Å². The van der Waals surface area contributed by atoms with Crippen LogP contribution in [0.1, 0.15) is 25.6 Å². The average molecular weight is 387 g/mol. The Bertz CT molecular complexity index is 1130. The molecule has 0 amide bonds. The van der Waals surface area contributed by atoms with Crippen LogP contribution in [-0.4, -0.2) is 53.2 Å². The van der Waals surface area contributed by atoms with Crippen LogP contribution >= 0.6 is 0 Å². The summed E-state index contributed by atoms with van der Waals surface area (Å²) in [6.07, 6.45) is 10.4. The number of likely N-dealkylation sites (N-methyl/N-ethyl adjacent to an activating group) is 1. The van der Waals surface area contributed by atoms with E-state index in [-0.39, 0.29) is 0 Å². The minimum absolute atomic E-state index is 0.608. The van der Waals surface area contributed by atoms with Crippen molar-refractivity contribution in [3.8, 4) is 22.5 Å². The molecule has 0 aliphatic carbocycles. The van der Waals surface area contributed by atoms with Crippen molar-refractivity contribution in [1.29, 1.82) is 0 Å². The first kappa shape index (κ1) is 18.0. The van der Waals surface area contributed by atoms with Gasteiger partial charge in [0.2, 0.25) is 0 Å². The summed E-state index contributed by atoms with van der Waals surface area (Å²) in [5, 5.41) is 4.36. The number of hydrogen-bond donors (Lipinski definition) is 0. The molecule has 0 saturated carbocycles. The van der Waals surface area contributed by atoms with Gasteiger partial charge in [0.1, 0.15) is 11.6 Å². The first-order valence-corrected chi connectivity index (χ1v) is 10.3. The summed E-state index contributed by atoms with van der Waals surface area (Å²) in [7, 11) is 0. The van der Waals surface area contributed by atoms with Crippen LogP contribution in [0.3, 0.4) is 0 Å². The molecular formula is C22H25N7. The molecule has 1 aliphatic heterocycles. The highest BCUT2D eigenvalue weighted by molar-refractivity contribution is 5.67. The number of likely N-dealkylation sites (tertiary alicyclic amines) is 1. The molecule has 1 atom stereocenters. The second-order valence-corrected chi connectivity index (χ2v) is 7.65. The number of nitrogens with zero attached hydrogens (tertiary/aromatic N) is 7. The van der Waals surface area contributed by atoms with Gasteiger partial charge in [0.25, 0.3) is 5.78 Å². The molecule has 1 aliphatic rings. The van der Waals surface area contributed by atoms with Crippen molar-refractivity contribution in [3.05, 3.63) is 54.9 Å². The van der Waals surface area contributed by atoms with Crippen LogP contribution in [0.25, 0.3) is 28.3 Å². The van der Waals surface area contributed by atoms with E-state index in [0.29, 0.717) is 11.8 Å². The number of rotatable bonds is 5. The van der Waals surface area contributed by atoms with Crippen LogP contribution in [0.2, 0.25) is 0 Å². The fraction of sp³-hybridized carbons (Fsp3) is 0.364. The standard InChI is InChI=1S/C22H25N7/c1-3-27-11-4-5-20(27)15-28-12-10-23-21(28)18-8-6-17(7-9-18)19-13-24-22-25-16(2)26-29(22)14-19/h6-10,12-14,20H,3-5,11,15H2,1-2H3/t20-/m0/s1. The van der Waals surface area contributed by atoms with Crippen molar-refractivity contribution in [1.82, 2.24) is 34.0 Å². The summed E-state index contributed by atoms with van der Waals surface area (Å²) in [4.78, 5) is 15.9. The van der Waals surface area contributed by atoms with Gasteiger partial charge in [-0.1, -0.05) is 31.2 Å². The molecule has 1 aromatic carbocycles. The minimum Gasteiger partial charge on any atom is -0.329 e. The Morgan fingerprint density at radius 3 is 2.72 bits per heavy atom. The number of fused-ring (bicyclic) bond motifs is 1. The molecule has 7 nitrogen and oxygen atoms in total. The van der Waals surface area contributed by atoms with Gasteiger partial charge in [0.05, 0.1) is 0 Å². The summed E-state index contributed by atoms with van der Waals surface area (Å²) in [5.41, 5.74) is 3.25. The van der Waals surface area contributed by atoms with Gasteiger partial charge in [-0.05, 0) is 38.4 Å². The predicted molar refractivity (Wildman–Crippen MR) is 112 cm³/mol. The van der Waals surface area contributed by atoms with Gasteiger partial charge in [0, 0.05) is 48.5 Å². The SMILES string of the molecule is CCN1CCC[C@H]1Cn1ccnc1-c1ccc(-c2cnc3nc(C)nn3c2)cc1. The van der Waals surface area contributed by atoms with Gasteiger partial charge < -0.3 is 4.57 Å². The van der Waals surface area contributed by atoms with E-state index in [9.17, 15) is 0 Å². The van der Waals surface area contributed by atoms with Crippen LogP contribution < -0.4 is 0 Å². The van der Waals surface area contributed by atoms with Crippen molar-refractivity contribution >= 4 is 5.78 Å². The van der Waals surface area contributed by atoms with Crippen molar-refractivity contribution in [2.45, 2.75) is 39.3 Å². The summed E-state index contributed by atoms with van der Waals surface area (Å²) in [6, 6.07) is 9.12. The fourth-order valence-electron chi connectivity index (χ4n) is 4.31. The van der Waals surface area contributed by atoms with Gasteiger partial charge in [-0.15, -0.1) is 0 Å². The molecule has 148 valence electrons. The maximum Gasteiger partial charge on any atom is 0.252 e. The van der Waals surface area contributed by atoms with Crippen molar-refractivity contribution in [2.24, 2.45) is 0 Å². The molecule has 1 fully saturated rings. The maximum absolute atomic E-state index is 4.64.